The number of rotatable bonds is 3. The molecule has 0 unspecified atom stereocenters. The second-order valence-corrected chi connectivity index (χ2v) is 3.87. The predicted octanol–water partition coefficient (Wildman–Crippen LogP) is 1.89. The third kappa shape index (κ3) is 1.98. The highest BCUT2D eigenvalue weighted by Gasteiger charge is 2.04. The fraction of sp³-hybridized carbons (Fsp3) is 0.0769. The van der Waals surface area contributed by atoms with Gasteiger partial charge >= 0.3 is 0 Å². The molecule has 3 heterocycles. The van der Waals surface area contributed by atoms with Gasteiger partial charge in [0.05, 0.1) is 5.69 Å². The van der Waals surface area contributed by atoms with Gasteiger partial charge in [0.25, 0.3) is 0 Å². The van der Waals surface area contributed by atoms with Crippen LogP contribution in [0.5, 0.6) is 5.75 Å². The average molecular weight is 240 g/mol. The number of fused-ring (bicyclic) bond motifs is 1. The van der Waals surface area contributed by atoms with E-state index in [4.69, 9.17) is 10.5 Å². The van der Waals surface area contributed by atoms with Crippen LogP contribution in [0.4, 0.5) is 5.82 Å². The van der Waals surface area contributed by atoms with Crippen LogP contribution in [0.15, 0.2) is 48.9 Å². The van der Waals surface area contributed by atoms with Crippen LogP contribution in [0.3, 0.4) is 0 Å². The van der Waals surface area contributed by atoms with Gasteiger partial charge in [-0.3, -0.25) is 0 Å². The first-order valence-electron chi connectivity index (χ1n) is 5.59. The number of anilines is 1. The van der Waals surface area contributed by atoms with E-state index in [1.54, 1.807) is 18.3 Å². The standard InChI is InChI=1S/C13H12N4O/c14-13-11(4-3-6-15-13)18-9-10-8-17-7-2-1-5-12(17)16-10/h1-8H,9H2,(H2,14,15). The normalized spacial score (nSPS) is 10.7. The number of nitrogen functional groups attached to an aromatic ring is 1. The largest absolute Gasteiger partial charge is 0.483 e. The van der Waals surface area contributed by atoms with Crippen LogP contribution < -0.4 is 10.5 Å². The summed E-state index contributed by atoms with van der Waals surface area (Å²) in [5.41, 5.74) is 7.45. The Morgan fingerprint density at radius 3 is 3.00 bits per heavy atom. The molecule has 0 saturated carbocycles. The summed E-state index contributed by atoms with van der Waals surface area (Å²) < 4.78 is 7.54. The lowest BCUT2D eigenvalue weighted by atomic mass is 10.4. The number of hydrogen-bond donors (Lipinski definition) is 1. The number of nitrogens with zero attached hydrogens (tertiary/aromatic N) is 3. The smallest absolute Gasteiger partial charge is 0.166 e. The number of pyridine rings is 2. The molecule has 0 aliphatic rings. The van der Waals surface area contributed by atoms with E-state index in [9.17, 15) is 0 Å². The molecule has 3 aromatic heterocycles. The Labute approximate surface area is 104 Å². The van der Waals surface area contributed by atoms with Crippen LogP contribution in [0.2, 0.25) is 0 Å². The number of hydrogen-bond acceptors (Lipinski definition) is 4. The molecule has 5 nitrogen and oxygen atoms in total. The first kappa shape index (κ1) is 10.6. The minimum Gasteiger partial charge on any atom is -0.483 e. The molecular formula is C13H12N4O. The van der Waals surface area contributed by atoms with Crippen molar-refractivity contribution in [2.45, 2.75) is 6.61 Å². The fourth-order valence-corrected chi connectivity index (χ4v) is 1.73. The van der Waals surface area contributed by atoms with Gasteiger partial charge in [-0.1, -0.05) is 6.07 Å². The summed E-state index contributed by atoms with van der Waals surface area (Å²) in [6.07, 6.45) is 5.51. The number of aromatic nitrogens is 3. The molecule has 5 heteroatoms. The van der Waals surface area contributed by atoms with Crippen LogP contribution in [0.25, 0.3) is 5.65 Å². The maximum atomic E-state index is 5.70. The van der Waals surface area contributed by atoms with Gasteiger partial charge in [0.2, 0.25) is 0 Å². The lowest BCUT2D eigenvalue weighted by molar-refractivity contribution is 0.303. The Bertz CT molecular complexity index is 644. The third-order valence-electron chi connectivity index (χ3n) is 2.59. The molecule has 0 aromatic carbocycles. The predicted molar refractivity (Wildman–Crippen MR) is 68.2 cm³/mol. The van der Waals surface area contributed by atoms with Crippen molar-refractivity contribution in [2.75, 3.05) is 5.73 Å². The first-order chi connectivity index (χ1) is 8.83. The van der Waals surface area contributed by atoms with E-state index in [1.807, 2.05) is 35.0 Å². The first-order valence-corrected chi connectivity index (χ1v) is 5.59. The Kier molecular flexibility index (Phi) is 2.57. The molecule has 0 bridgehead atoms. The molecule has 0 saturated heterocycles. The molecule has 18 heavy (non-hydrogen) atoms. The van der Waals surface area contributed by atoms with Gasteiger partial charge < -0.3 is 14.9 Å². The summed E-state index contributed by atoms with van der Waals surface area (Å²) in [4.78, 5) is 8.40. The van der Waals surface area contributed by atoms with Crippen molar-refractivity contribution in [1.82, 2.24) is 14.4 Å². The second-order valence-electron chi connectivity index (χ2n) is 3.87. The number of nitrogens with two attached hydrogens (primary N) is 1. The number of ether oxygens (including phenoxy) is 1. The van der Waals surface area contributed by atoms with Crippen molar-refractivity contribution >= 4 is 11.5 Å². The third-order valence-corrected chi connectivity index (χ3v) is 2.59. The van der Waals surface area contributed by atoms with Crippen molar-refractivity contribution in [2.24, 2.45) is 0 Å². The molecule has 0 atom stereocenters. The van der Waals surface area contributed by atoms with Crippen LogP contribution >= 0.6 is 0 Å². The van der Waals surface area contributed by atoms with Crippen molar-refractivity contribution in [3.05, 3.63) is 54.6 Å². The molecule has 0 spiro atoms. The average Bonchev–Trinajstić information content (AvgIpc) is 2.80. The number of imidazole rings is 1. The molecule has 2 N–H and O–H groups in total. The van der Waals surface area contributed by atoms with Gasteiger partial charge in [-0.25, -0.2) is 9.97 Å². The highest BCUT2D eigenvalue weighted by atomic mass is 16.5. The molecule has 3 rings (SSSR count). The monoisotopic (exact) mass is 240 g/mol. The summed E-state index contributed by atoms with van der Waals surface area (Å²) in [7, 11) is 0. The van der Waals surface area contributed by atoms with Crippen molar-refractivity contribution in [3.63, 3.8) is 0 Å². The molecule has 3 aromatic rings. The fourth-order valence-electron chi connectivity index (χ4n) is 1.73. The zero-order valence-corrected chi connectivity index (χ0v) is 9.65. The van der Waals surface area contributed by atoms with E-state index >= 15 is 0 Å². The lowest BCUT2D eigenvalue weighted by Gasteiger charge is -2.05. The molecule has 0 aliphatic heterocycles. The van der Waals surface area contributed by atoms with Crippen LogP contribution in [-0.2, 0) is 6.61 Å². The van der Waals surface area contributed by atoms with Crippen molar-refractivity contribution in [3.8, 4) is 5.75 Å². The molecule has 0 amide bonds. The minimum atomic E-state index is 0.373. The Balaban J connectivity index is 1.79. The summed E-state index contributed by atoms with van der Waals surface area (Å²) >= 11 is 0. The molecular weight excluding hydrogens is 228 g/mol. The van der Waals surface area contributed by atoms with E-state index in [2.05, 4.69) is 9.97 Å². The van der Waals surface area contributed by atoms with Crippen LogP contribution in [-0.4, -0.2) is 14.4 Å². The van der Waals surface area contributed by atoms with Gasteiger partial charge in [0.15, 0.2) is 11.6 Å². The van der Waals surface area contributed by atoms with Gasteiger partial charge in [0.1, 0.15) is 12.3 Å². The van der Waals surface area contributed by atoms with Gasteiger partial charge in [-0.05, 0) is 24.3 Å². The molecule has 0 fully saturated rings. The zero-order chi connectivity index (χ0) is 12.4. The topological polar surface area (TPSA) is 65.4 Å². The Morgan fingerprint density at radius 1 is 1.22 bits per heavy atom. The minimum absolute atomic E-state index is 0.373. The maximum absolute atomic E-state index is 5.70. The highest BCUT2D eigenvalue weighted by molar-refractivity contribution is 5.45. The Morgan fingerprint density at radius 2 is 2.17 bits per heavy atom. The summed E-state index contributed by atoms with van der Waals surface area (Å²) in [6.45, 7) is 0.373. The van der Waals surface area contributed by atoms with Gasteiger partial charge in [0, 0.05) is 18.6 Å². The van der Waals surface area contributed by atoms with Crippen molar-refractivity contribution in [1.29, 1.82) is 0 Å². The van der Waals surface area contributed by atoms with E-state index in [-0.39, 0.29) is 0 Å². The van der Waals surface area contributed by atoms with E-state index in [0.29, 0.717) is 18.2 Å². The van der Waals surface area contributed by atoms with Crippen LogP contribution in [0, 0.1) is 0 Å². The quantitative estimate of drug-likeness (QED) is 0.759. The van der Waals surface area contributed by atoms with Crippen LogP contribution in [0.1, 0.15) is 5.69 Å². The van der Waals surface area contributed by atoms with Gasteiger partial charge in [-0.15, -0.1) is 0 Å². The maximum Gasteiger partial charge on any atom is 0.166 e. The molecule has 0 aliphatic carbocycles. The molecule has 90 valence electrons. The summed E-state index contributed by atoms with van der Waals surface area (Å²) in [6, 6.07) is 9.43. The summed E-state index contributed by atoms with van der Waals surface area (Å²) in [5.74, 6) is 0.968. The highest BCUT2D eigenvalue weighted by Crippen LogP contribution is 2.18. The SMILES string of the molecule is Nc1ncccc1OCc1cn2ccccc2n1. The van der Waals surface area contributed by atoms with E-state index < -0.39 is 0 Å². The molecule has 0 radical (unpaired) electrons. The summed E-state index contributed by atoms with van der Waals surface area (Å²) in [5, 5.41) is 0. The Hall–Kier alpha value is -2.56. The van der Waals surface area contributed by atoms with Gasteiger partial charge in [-0.2, -0.15) is 0 Å². The van der Waals surface area contributed by atoms with E-state index in [0.717, 1.165) is 11.3 Å². The van der Waals surface area contributed by atoms with Crippen molar-refractivity contribution < 1.29 is 4.74 Å². The second kappa shape index (κ2) is 4.37. The lowest BCUT2D eigenvalue weighted by Crippen LogP contribution is -2.00. The van der Waals surface area contributed by atoms with E-state index in [1.165, 1.54) is 0 Å². The zero-order valence-electron chi connectivity index (χ0n) is 9.65.